The Bertz CT molecular complexity index is 688. The Hall–Kier alpha value is -0.830. The number of aliphatic hydroxyl groups is 1. The van der Waals surface area contributed by atoms with Gasteiger partial charge in [0.15, 0.2) is 11.6 Å². The fourth-order valence-corrected chi connectivity index (χ4v) is 3.84. The number of rotatable bonds is 3. The molecule has 2 rings (SSSR count). The van der Waals surface area contributed by atoms with E-state index in [4.69, 9.17) is 5.11 Å². The Morgan fingerprint density at radius 1 is 1.25 bits per heavy atom. The summed E-state index contributed by atoms with van der Waals surface area (Å²) in [4.78, 5) is 11.5. The maximum absolute atomic E-state index is 13.3. The number of carboxylic acid groups (broad SMARTS) is 1. The van der Waals surface area contributed by atoms with E-state index in [-0.39, 0.29) is 5.56 Å². The first-order valence-electron chi connectivity index (χ1n) is 5.15. The molecule has 2 aromatic rings. The lowest BCUT2D eigenvalue weighted by Gasteiger charge is -2.13. The Balaban J connectivity index is 2.59. The number of hydrogen-bond acceptors (Lipinski definition) is 3. The number of aliphatic hydroxyl groups excluding tert-OH is 1. The molecule has 8 heteroatoms. The van der Waals surface area contributed by atoms with E-state index in [1.165, 1.54) is 0 Å². The zero-order valence-electron chi connectivity index (χ0n) is 9.53. The van der Waals surface area contributed by atoms with Crippen molar-refractivity contribution in [1.29, 1.82) is 0 Å². The molecule has 0 aliphatic carbocycles. The highest BCUT2D eigenvalue weighted by Crippen LogP contribution is 2.40. The van der Waals surface area contributed by atoms with Gasteiger partial charge >= 0.3 is 5.97 Å². The van der Waals surface area contributed by atoms with E-state index in [0.717, 1.165) is 11.3 Å². The average molecular weight is 428 g/mol. The summed E-state index contributed by atoms with van der Waals surface area (Å²) in [5, 5.41) is 21.0. The van der Waals surface area contributed by atoms with Gasteiger partial charge in [0.2, 0.25) is 0 Å². The molecule has 0 aliphatic heterocycles. The van der Waals surface area contributed by atoms with E-state index in [0.29, 0.717) is 26.0 Å². The maximum atomic E-state index is 13.3. The third kappa shape index (κ3) is 2.78. The van der Waals surface area contributed by atoms with Gasteiger partial charge in [-0.25, -0.2) is 13.6 Å². The van der Waals surface area contributed by atoms with Gasteiger partial charge in [-0.2, -0.15) is 0 Å². The molecule has 1 aromatic carbocycles. The molecular weight excluding hydrogens is 422 g/mol. The van der Waals surface area contributed by atoms with Crippen molar-refractivity contribution < 1.29 is 23.8 Å². The Labute approximate surface area is 133 Å². The molecule has 0 fully saturated rings. The summed E-state index contributed by atoms with van der Waals surface area (Å²) >= 11 is 7.62. The summed E-state index contributed by atoms with van der Waals surface area (Å²) in [6.07, 6.45) is -1.37. The topological polar surface area (TPSA) is 57.5 Å². The van der Waals surface area contributed by atoms with Crippen LogP contribution >= 0.6 is 43.2 Å². The number of thiophene rings is 1. The van der Waals surface area contributed by atoms with Gasteiger partial charge in [-0.15, -0.1) is 11.3 Å². The van der Waals surface area contributed by atoms with Gasteiger partial charge in [0, 0.05) is 19.9 Å². The molecule has 0 radical (unpaired) electrons. The van der Waals surface area contributed by atoms with Crippen LogP contribution in [0.5, 0.6) is 0 Å². The molecule has 0 saturated heterocycles. The van der Waals surface area contributed by atoms with Gasteiger partial charge in [-0.3, -0.25) is 0 Å². The van der Waals surface area contributed by atoms with Gasteiger partial charge in [0.1, 0.15) is 6.10 Å². The van der Waals surface area contributed by atoms with Crippen molar-refractivity contribution in [2.45, 2.75) is 6.10 Å². The normalized spacial score (nSPS) is 12.4. The highest BCUT2D eigenvalue weighted by Gasteiger charge is 2.25. The molecule has 1 heterocycles. The van der Waals surface area contributed by atoms with E-state index in [2.05, 4.69) is 31.9 Å². The Kier molecular flexibility index (Phi) is 4.58. The first kappa shape index (κ1) is 15.6. The third-order valence-corrected chi connectivity index (χ3v) is 6.19. The highest BCUT2D eigenvalue weighted by atomic mass is 79.9. The zero-order valence-corrected chi connectivity index (χ0v) is 13.5. The van der Waals surface area contributed by atoms with E-state index < -0.39 is 29.3 Å². The molecule has 1 unspecified atom stereocenters. The fraction of sp³-hybridized carbons (Fsp3) is 0.0833. The van der Waals surface area contributed by atoms with E-state index in [1.807, 2.05) is 0 Å². The van der Waals surface area contributed by atoms with Crippen LogP contribution in [0.25, 0.3) is 0 Å². The minimum atomic E-state index is -1.44. The second-order valence-corrected chi connectivity index (χ2v) is 6.38. The lowest BCUT2D eigenvalue weighted by Crippen LogP contribution is -2.09. The van der Waals surface area contributed by atoms with Crippen LogP contribution in [-0.4, -0.2) is 16.2 Å². The Morgan fingerprint density at radius 3 is 2.35 bits per heavy atom. The third-order valence-electron chi connectivity index (χ3n) is 2.58. The quantitative estimate of drug-likeness (QED) is 0.766. The molecule has 20 heavy (non-hydrogen) atoms. The van der Waals surface area contributed by atoms with Crippen LogP contribution in [0.15, 0.2) is 26.5 Å². The van der Waals surface area contributed by atoms with Crippen LogP contribution < -0.4 is 0 Å². The zero-order chi connectivity index (χ0) is 15.0. The van der Waals surface area contributed by atoms with Gasteiger partial charge in [-0.05, 0) is 44.0 Å². The minimum Gasteiger partial charge on any atom is -0.478 e. The van der Waals surface area contributed by atoms with Crippen LogP contribution in [0.4, 0.5) is 8.78 Å². The standard InChI is InChI=1S/C12H6Br2F2O3S/c13-6-3-20-11(9(6)14)10(17)4-1-7(15)8(16)2-5(4)12(18)19/h1-3,10,17H,(H,18,19). The molecule has 1 atom stereocenters. The smallest absolute Gasteiger partial charge is 0.336 e. The number of aromatic carboxylic acids is 1. The highest BCUT2D eigenvalue weighted by molar-refractivity contribution is 9.13. The van der Waals surface area contributed by atoms with Crippen molar-refractivity contribution in [3.05, 3.63) is 54.1 Å². The molecule has 3 nitrogen and oxygen atoms in total. The molecule has 2 N–H and O–H groups in total. The number of benzene rings is 1. The van der Waals surface area contributed by atoms with Gasteiger partial charge in [-0.1, -0.05) is 0 Å². The maximum Gasteiger partial charge on any atom is 0.336 e. The molecule has 0 spiro atoms. The van der Waals surface area contributed by atoms with Crippen LogP contribution in [-0.2, 0) is 0 Å². The predicted octanol–water partition coefficient (Wildman–Crippen LogP) is 4.33. The SMILES string of the molecule is O=C(O)c1cc(F)c(F)cc1C(O)c1scc(Br)c1Br. The van der Waals surface area contributed by atoms with Gasteiger partial charge < -0.3 is 10.2 Å². The average Bonchev–Trinajstić information content (AvgIpc) is 2.72. The van der Waals surface area contributed by atoms with Crippen molar-refractivity contribution >= 4 is 49.2 Å². The summed E-state index contributed by atoms with van der Waals surface area (Å²) in [6.45, 7) is 0. The van der Waals surface area contributed by atoms with Gasteiger partial charge in [0.25, 0.3) is 0 Å². The molecular formula is C12H6Br2F2O3S. The molecule has 0 bridgehead atoms. The molecule has 0 amide bonds. The fourth-order valence-electron chi connectivity index (χ4n) is 1.64. The van der Waals surface area contributed by atoms with E-state index >= 15 is 0 Å². The minimum absolute atomic E-state index is 0.202. The van der Waals surface area contributed by atoms with Gasteiger partial charge in [0.05, 0.1) is 10.4 Å². The van der Waals surface area contributed by atoms with Crippen molar-refractivity contribution in [3.8, 4) is 0 Å². The van der Waals surface area contributed by atoms with Crippen molar-refractivity contribution in [2.24, 2.45) is 0 Å². The monoisotopic (exact) mass is 426 g/mol. The van der Waals surface area contributed by atoms with Crippen LogP contribution in [0.2, 0.25) is 0 Å². The molecule has 1 aromatic heterocycles. The number of carboxylic acids is 1. The summed E-state index contributed by atoms with van der Waals surface area (Å²) in [5.41, 5.74) is -0.681. The molecule has 0 saturated carbocycles. The van der Waals surface area contributed by atoms with E-state index in [1.54, 1.807) is 5.38 Å². The molecule has 106 valence electrons. The second-order valence-electron chi connectivity index (χ2n) is 3.82. The lowest BCUT2D eigenvalue weighted by molar-refractivity contribution is 0.0690. The van der Waals surface area contributed by atoms with Crippen molar-refractivity contribution in [2.75, 3.05) is 0 Å². The van der Waals surface area contributed by atoms with Crippen LogP contribution in [0, 0.1) is 11.6 Å². The molecule has 0 aliphatic rings. The summed E-state index contributed by atoms with van der Waals surface area (Å²) < 4.78 is 27.7. The van der Waals surface area contributed by atoms with Crippen LogP contribution in [0.3, 0.4) is 0 Å². The van der Waals surface area contributed by atoms with Crippen LogP contribution in [0.1, 0.15) is 26.9 Å². The largest absolute Gasteiger partial charge is 0.478 e. The Morgan fingerprint density at radius 2 is 1.85 bits per heavy atom. The summed E-state index contributed by atoms with van der Waals surface area (Å²) in [7, 11) is 0. The number of carbonyl (C=O) groups is 1. The predicted molar refractivity (Wildman–Crippen MR) is 77.1 cm³/mol. The van der Waals surface area contributed by atoms with E-state index in [9.17, 15) is 18.7 Å². The second kappa shape index (κ2) is 5.88. The first-order valence-corrected chi connectivity index (χ1v) is 7.62. The summed E-state index contributed by atoms with van der Waals surface area (Å²) in [5.74, 6) is -3.93. The summed E-state index contributed by atoms with van der Waals surface area (Å²) in [6, 6.07) is 1.26. The van der Waals surface area contributed by atoms with Crippen molar-refractivity contribution in [3.63, 3.8) is 0 Å². The number of hydrogen-bond donors (Lipinski definition) is 2. The first-order chi connectivity index (χ1) is 9.32. The lowest BCUT2D eigenvalue weighted by atomic mass is 10.0. The van der Waals surface area contributed by atoms with Crippen molar-refractivity contribution in [1.82, 2.24) is 0 Å². The number of halogens is 4.